The van der Waals surface area contributed by atoms with Gasteiger partial charge in [0.2, 0.25) is 10.0 Å². The van der Waals surface area contributed by atoms with Crippen LogP contribution in [0.1, 0.15) is 13.3 Å². The van der Waals surface area contributed by atoms with E-state index in [0.717, 1.165) is 0 Å². The number of carbonyl (C=O) groups is 1. The van der Waals surface area contributed by atoms with Gasteiger partial charge in [-0.15, -0.1) is 0 Å². The summed E-state index contributed by atoms with van der Waals surface area (Å²) >= 11 is 0. The number of ether oxygens (including phenoxy) is 1. The lowest BCUT2D eigenvalue weighted by Crippen LogP contribution is -2.39. The summed E-state index contributed by atoms with van der Waals surface area (Å²) in [4.78, 5) is 10.4. The van der Waals surface area contributed by atoms with Crippen LogP contribution in [0, 0.1) is 0 Å². The standard InChI is InChI=1S/C7H15NO5S/c1-6(7(9)10)8-14(11,12)5-3-4-13-2/h6,8H,3-5H2,1-2H3,(H,9,10). The third kappa shape index (κ3) is 5.90. The molecule has 0 aromatic heterocycles. The second-order valence-electron chi connectivity index (χ2n) is 2.84. The molecule has 0 aliphatic heterocycles. The molecule has 0 bridgehead atoms. The molecule has 2 N–H and O–H groups in total. The summed E-state index contributed by atoms with van der Waals surface area (Å²) in [5, 5.41) is 8.47. The molecule has 84 valence electrons. The van der Waals surface area contributed by atoms with Crippen LogP contribution in [0.25, 0.3) is 0 Å². The summed E-state index contributed by atoms with van der Waals surface area (Å²) in [6.45, 7) is 1.61. The van der Waals surface area contributed by atoms with Gasteiger partial charge in [0, 0.05) is 13.7 Å². The molecular weight excluding hydrogens is 210 g/mol. The van der Waals surface area contributed by atoms with Crippen LogP contribution < -0.4 is 4.72 Å². The number of nitrogens with one attached hydrogen (secondary N) is 1. The normalized spacial score (nSPS) is 13.9. The molecular formula is C7H15NO5S. The van der Waals surface area contributed by atoms with Gasteiger partial charge in [-0.05, 0) is 13.3 Å². The van der Waals surface area contributed by atoms with E-state index >= 15 is 0 Å². The lowest BCUT2D eigenvalue weighted by Gasteiger charge is -2.09. The third-order valence-corrected chi connectivity index (χ3v) is 3.03. The Labute approximate surface area is 83.3 Å². The van der Waals surface area contributed by atoms with Crippen LogP contribution in [0.5, 0.6) is 0 Å². The van der Waals surface area contributed by atoms with Crippen molar-refractivity contribution in [3.05, 3.63) is 0 Å². The van der Waals surface area contributed by atoms with Gasteiger partial charge >= 0.3 is 5.97 Å². The molecule has 0 fully saturated rings. The Hall–Kier alpha value is -0.660. The summed E-state index contributed by atoms with van der Waals surface area (Å²) in [5.74, 6) is -1.32. The van der Waals surface area contributed by atoms with E-state index in [4.69, 9.17) is 5.11 Å². The zero-order valence-corrected chi connectivity index (χ0v) is 9.00. The molecule has 0 spiro atoms. The molecule has 0 aromatic rings. The molecule has 0 amide bonds. The van der Waals surface area contributed by atoms with Crippen molar-refractivity contribution in [1.82, 2.24) is 4.72 Å². The van der Waals surface area contributed by atoms with Crippen LogP contribution in [0.4, 0.5) is 0 Å². The van der Waals surface area contributed by atoms with Crippen LogP contribution in [0.3, 0.4) is 0 Å². The van der Waals surface area contributed by atoms with E-state index in [1.807, 2.05) is 4.72 Å². The SMILES string of the molecule is COCCCS(=O)(=O)NC(C)C(=O)O. The first-order valence-corrected chi connectivity index (χ1v) is 5.76. The molecule has 0 heterocycles. The monoisotopic (exact) mass is 225 g/mol. The Kier molecular flexibility index (Phi) is 5.66. The second kappa shape index (κ2) is 5.94. The Morgan fingerprint density at radius 2 is 2.14 bits per heavy atom. The van der Waals surface area contributed by atoms with Gasteiger partial charge in [-0.25, -0.2) is 13.1 Å². The summed E-state index contributed by atoms with van der Waals surface area (Å²) < 4.78 is 29.1. The molecule has 0 rings (SSSR count). The van der Waals surface area contributed by atoms with Gasteiger partial charge in [0.15, 0.2) is 0 Å². The molecule has 14 heavy (non-hydrogen) atoms. The molecule has 6 nitrogen and oxygen atoms in total. The highest BCUT2D eigenvalue weighted by molar-refractivity contribution is 7.89. The van der Waals surface area contributed by atoms with Crippen LogP contribution in [-0.4, -0.2) is 45.0 Å². The van der Waals surface area contributed by atoms with Crippen LogP contribution in [-0.2, 0) is 19.6 Å². The average Bonchev–Trinajstić information content (AvgIpc) is 2.03. The van der Waals surface area contributed by atoms with Gasteiger partial charge in [0.25, 0.3) is 0 Å². The first-order valence-electron chi connectivity index (χ1n) is 4.11. The fourth-order valence-electron chi connectivity index (χ4n) is 0.772. The van der Waals surface area contributed by atoms with Gasteiger partial charge in [0.05, 0.1) is 5.75 Å². The van der Waals surface area contributed by atoms with E-state index in [1.54, 1.807) is 0 Å². The Morgan fingerprint density at radius 1 is 1.57 bits per heavy atom. The zero-order chi connectivity index (χ0) is 11.2. The molecule has 0 aromatic carbocycles. The molecule has 0 saturated heterocycles. The third-order valence-electron chi connectivity index (χ3n) is 1.49. The Bertz CT molecular complexity index is 274. The van der Waals surface area contributed by atoms with Crippen molar-refractivity contribution in [2.75, 3.05) is 19.5 Å². The highest BCUT2D eigenvalue weighted by Crippen LogP contribution is 1.93. The average molecular weight is 225 g/mol. The van der Waals surface area contributed by atoms with Gasteiger partial charge in [-0.1, -0.05) is 0 Å². The number of hydrogen-bond donors (Lipinski definition) is 2. The molecule has 0 aliphatic rings. The number of aliphatic carboxylic acids is 1. The van der Waals surface area contributed by atoms with Gasteiger partial charge in [-0.2, -0.15) is 0 Å². The number of carboxylic acids is 1. The highest BCUT2D eigenvalue weighted by atomic mass is 32.2. The first-order chi connectivity index (χ1) is 6.39. The topological polar surface area (TPSA) is 92.7 Å². The van der Waals surface area contributed by atoms with Crippen LogP contribution >= 0.6 is 0 Å². The van der Waals surface area contributed by atoms with Gasteiger partial charge in [-0.3, -0.25) is 4.79 Å². The smallest absolute Gasteiger partial charge is 0.321 e. The summed E-state index contributed by atoms with van der Waals surface area (Å²) in [6.07, 6.45) is 0.345. The maximum absolute atomic E-state index is 11.2. The minimum atomic E-state index is -3.51. The predicted octanol–water partition coefficient (Wildman–Crippen LogP) is -0.585. The van der Waals surface area contributed by atoms with Crippen LogP contribution in [0.2, 0.25) is 0 Å². The molecule has 1 atom stereocenters. The molecule has 0 saturated carbocycles. The Balaban J connectivity index is 4.01. The fourth-order valence-corrected chi connectivity index (χ4v) is 2.03. The van der Waals surface area contributed by atoms with Crippen molar-refractivity contribution in [3.8, 4) is 0 Å². The van der Waals surface area contributed by atoms with Crippen molar-refractivity contribution < 1.29 is 23.1 Å². The molecule has 0 aliphatic carbocycles. The second-order valence-corrected chi connectivity index (χ2v) is 4.72. The zero-order valence-electron chi connectivity index (χ0n) is 8.19. The maximum atomic E-state index is 11.2. The van der Waals surface area contributed by atoms with E-state index < -0.39 is 22.0 Å². The lowest BCUT2D eigenvalue weighted by atomic mass is 10.4. The van der Waals surface area contributed by atoms with Crippen molar-refractivity contribution in [2.24, 2.45) is 0 Å². The molecule has 1 unspecified atom stereocenters. The van der Waals surface area contributed by atoms with Crippen molar-refractivity contribution in [3.63, 3.8) is 0 Å². The van der Waals surface area contributed by atoms with Crippen LogP contribution in [0.15, 0.2) is 0 Å². The van der Waals surface area contributed by atoms with Crippen molar-refractivity contribution in [1.29, 1.82) is 0 Å². The predicted molar refractivity (Wildman–Crippen MR) is 50.5 cm³/mol. The van der Waals surface area contributed by atoms with Gasteiger partial charge in [0.1, 0.15) is 6.04 Å². The van der Waals surface area contributed by atoms with E-state index in [-0.39, 0.29) is 5.75 Å². The van der Waals surface area contributed by atoms with E-state index in [2.05, 4.69) is 4.74 Å². The number of hydrogen-bond acceptors (Lipinski definition) is 4. The quantitative estimate of drug-likeness (QED) is 0.565. The highest BCUT2D eigenvalue weighted by Gasteiger charge is 2.18. The number of methoxy groups -OCH3 is 1. The largest absolute Gasteiger partial charge is 0.480 e. The summed E-state index contributed by atoms with van der Waals surface area (Å²) in [7, 11) is -2.04. The maximum Gasteiger partial charge on any atom is 0.321 e. The van der Waals surface area contributed by atoms with Crippen molar-refractivity contribution >= 4 is 16.0 Å². The van der Waals surface area contributed by atoms with Gasteiger partial charge < -0.3 is 9.84 Å². The molecule has 7 heteroatoms. The number of sulfonamides is 1. The summed E-state index contributed by atoms with van der Waals surface area (Å²) in [6, 6.07) is -1.09. The van der Waals surface area contributed by atoms with E-state index in [9.17, 15) is 13.2 Å². The first kappa shape index (κ1) is 13.3. The van der Waals surface area contributed by atoms with E-state index in [0.29, 0.717) is 13.0 Å². The number of carboxylic acid groups (broad SMARTS) is 1. The minimum Gasteiger partial charge on any atom is -0.480 e. The lowest BCUT2D eigenvalue weighted by molar-refractivity contribution is -0.138. The Morgan fingerprint density at radius 3 is 2.57 bits per heavy atom. The fraction of sp³-hybridized carbons (Fsp3) is 0.857. The van der Waals surface area contributed by atoms with Crippen molar-refractivity contribution in [2.45, 2.75) is 19.4 Å². The summed E-state index contributed by atoms with van der Waals surface area (Å²) in [5.41, 5.74) is 0. The van der Waals surface area contributed by atoms with E-state index in [1.165, 1.54) is 14.0 Å². The minimum absolute atomic E-state index is 0.127. The number of rotatable bonds is 7. The molecule has 0 radical (unpaired) electrons.